The number of carbonyl (C=O) groups excluding carboxylic acids is 1. The van der Waals surface area contributed by atoms with Crippen LogP contribution in [0.3, 0.4) is 0 Å². The van der Waals surface area contributed by atoms with Crippen LogP contribution in [0.15, 0.2) is 42.5 Å². The van der Waals surface area contributed by atoms with Crippen LogP contribution in [0.1, 0.15) is 25.3 Å². The van der Waals surface area contributed by atoms with Gasteiger partial charge >= 0.3 is 0 Å². The fourth-order valence-electron chi connectivity index (χ4n) is 2.73. The highest BCUT2D eigenvalue weighted by Crippen LogP contribution is 2.38. The highest BCUT2D eigenvalue weighted by Gasteiger charge is 2.52. The van der Waals surface area contributed by atoms with Gasteiger partial charge in [-0.1, -0.05) is 17.7 Å². The van der Waals surface area contributed by atoms with Crippen molar-refractivity contribution in [3.8, 4) is 5.75 Å². The lowest BCUT2D eigenvalue weighted by Crippen LogP contribution is -2.46. The van der Waals surface area contributed by atoms with Crippen LogP contribution >= 0.6 is 11.6 Å². The molecule has 1 fully saturated rings. The number of nitrogens with one attached hydrogen (secondary N) is 2. The van der Waals surface area contributed by atoms with Crippen LogP contribution < -0.4 is 14.8 Å². The summed E-state index contributed by atoms with van der Waals surface area (Å²) in [5.41, 5.74) is -0.692. The molecule has 0 saturated heterocycles. The zero-order chi connectivity index (χ0) is 20.4. The van der Waals surface area contributed by atoms with E-state index < -0.39 is 33.0 Å². The molecule has 28 heavy (non-hydrogen) atoms. The third kappa shape index (κ3) is 5.01. The van der Waals surface area contributed by atoms with Gasteiger partial charge in [-0.2, -0.15) is 4.72 Å². The molecule has 0 unspecified atom stereocenters. The SMILES string of the molecule is CCOc1ccc(NC(=O)C2(NS(=O)(=O)Cc3ccc(Cl)cc3F)CC2)cc1. The second-order valence-electron chi connectivity index (χ2n) is 6.59. The van der Waals surface area contributed by atoms with Crippen molar-refractivity contribution in [2.45, 2.75) is 31.1 Å². The molecule has 1 aliphatic rings. The second kappa shape index (κ2) is 8.06. The van der Waals surface area contributed by atoms with Crippen molar-refractivity contribution >= 4 is 33.2 Å². The largest absolute Gasteiger partial charge is 0.494 e. The molecule has 1 aliphatic carbocycles. The predicted octanol–water partition coefficient (Wildman–Crippen LogP) is 3.47. The smallest absolute Gasteiger partial charge is 0.245 e. The van der Waals surface area contributed by atoms with Crippen LogP contribution in [0.4, 0.5) is 10.1 Å². The average Bonchev–Trinajstić information content (AvgIpc) is 3.39. The fraction of sp³-hybridized carbons (Fsp3) is 0.316. The number of ether oxygens (including phenoxy) is 1. The molecule has 0 aromatic heterocycles. The van der Waals surface area contributed by atoms with Crippen molar-refractivity contribution in [1.29, 1.82) is 0 Å². The summed E-state index contributed by atoms with van der Waals surface area (Å²) in [4.78, 5) is 12.6. The summed E-state index contributed by atoms with van der Waals surface area (Å²) in [5, 5.41) is 2.89. The number of amides is 1. The molecular weight excluding hydrogens is 407 g/mol. The van der Waals surface area contributed by atoms with Gasteiger partial charge in [-0.05, 0) is 56.2 Å². The second-order valence-corrected chi connectivity index (χ2v) is 8.75. The number of anilines is 1. The van der Waals surface area contributed by atoms with E-state index in [9.17, 15) is 17.6 Å². The molecule has 2 aromatic carbocycles. The zero-order valence-corrected chi connectivity index (χ0v) is 16.7. The summed E-state index contributed by atoms with van der Waals surface area (Å²) in [6.07, 6.45) is 0.746. The van der Waals surface area contributed by atoms with Crippen molar-refractivity contribution in [2.24, 2.45) is 0 Å². The normalized spacial score (nSPS) is 15.1. The van der Waals surface area contributed by atoms with E-state index in [0.29, 0.717) is 30.9 Å². The number of halogens is 2. The zero-order valence-electron chi connectivity index (χ0n) is 15.2. The summed E-state index contributed by atoms with van der Waals surface area (Å²) in [5.74, 6) is -1.06. The molecule has 150 valence electrons. The van der Waals surface area contributed by atoms with Crippen molar-refractivity contribution in [2.75, 3.05) is 11.9 Å². The van der Waals surface area contributed by atoms with Crippen LogP contribution in [0, 0.1) is 5.82 Å². The molecule has 0 atom stereocenters. The summed E-state index contributed by atoms with van der Waals surface area (Å²) in [7, 11) is -3.93. The predicted molar refractivity (Wildman–Crippen MR) is 105 cm³/mol. The number of hydrogen-bond donors (Lipinski definition) is 2. The Morgan fingerprint density at radius 3 is 2.46 bits per heavy atom. The van der Waals surface area contributed by atoms with E-state index in [1.807, 2.05) is 6.92 Å². The first-order chi connectivity index (χ1) is 13.2. The van der Waals surface area contributed by atoms with Gasteiger partial charge in [0, 0.05) is 16.3 Å². The lowest BCUT2D eigenvalue weighted by Gasteiger charge is -2.18. The minimum absolute atomic E-state index is 0.0142. The van der Waals surface area contributed by atoms with Crippen LogP contribution in [0.25, 0.3) is 0 Å². The lowest BCUT2D eigenvalue weighted by molar-refractivity contribution is -0.118. The number of hydrogen-bond acceptors (Lipinski definition) is 4. The van der Waals surface area contributed by atoms with Crippen molar-refractivity contribution < 1.29 is 22.3 Å². The summed E-state index contributed by atoms with van der Waals surface area (Å²) >= 11 is 5.68. The van der Waals surface area contributed by atoms with Crippen LogP contribution in [0.5, 0.6) is 5.75 Å². The van der Waals surface area contributed by atoms with Crippen molar-refractivity contribution in [1.82, 2.24) is 4.72 Å². The van der Waals surface area contributed by atoms with Gasteiger partial charge in [-0.25, -0.2) is 12.8 Å². The molecule has 0 radical (unpaired) electrons. The van der Waals surface area contributed by atoms with Crippen molar-refractivity contribution in [3.63, 3.8) is 0 Å². The Hall–Kier alpha value is -2.16. The van der Waals surface area contributed by atoms with Crippen molar-refractivity contribution in [3.05, 3.63) is 58.9 Å². The molecule has 0 bridgehead atoms. The Labute approximate surface area is 168 Å². The van der Waals surface area contributed by atoms with Gasteiger partial charge in [0.15, 0.2) is 0 Å². The standard InChI is InChI=1S/C19H20ClFN2O4S/c1-2-27-16-7-5-15(6-8-16)22-18(24)19(9-10-19)23-28(25,26)12-13-3-4-14(20)11-17(13)21/h3-8,11,23H,2,9-10,12H2,1H3,(H,22,24). The van der Waals surface area contributed by atoms with Gasteiger partial charge in [0.2, 0.25) is 15.9 Å². The van der Waals surface area contributed by atoms with E-state index in [1.165, 1.54) is 12.1 Å². The van der Waals surface area contributed by atoms with E-state index in [0.717, 1.165) is 6.07 Å². The lowest BCUT2D eigenvalue weighted by atomic mass is 10.2. The van der Waals surface area contributed by atoms with E-state index in [-0.39, 0.29) is 10.6 Å². The van der Waals surface area contributed by atoms with Crippen LogP contribution in [0.2, 0.25) is 5.02 Å². The Morgan fingerprint density at radius 1 is 1.21 bits per heavy atom. The Bertz CT molecular complexity index is 976. The third-order valence-corrected chi connectivity index (χ3v) is 5.95. The summed E-state index contributed by atoms with van der Waals surface area (Å²) < 4.78 is 46.6. The molecule has 2 aromatic rings. The van der Waals surface area contributed by atoms with E-state index >= 15 is 0 Å². The van der Waals surface area contributed by atoms with Gasteiger partial charge in [-0.15, -0.1) is 0 Å². The molecular formula is C19H20ClFN2O4S. The quantitative estimate of drug-likeness (QED) is 0.677. The molecule has 3 rings (SSSR count). The topological polar surface area (TPSA) is 84.5 Å². The summed E-state index contributed by atoms with van der Waals surface area (Å²) in [6, 6.07) is 10.6. The minimum Gasteiger partial charge on any atom is -0.494 e. The highest BCUT2D eigenvalue weighted by molar-refractivity contribution is 7.88. The van der Waals surface area contributed by atoms with Gasteiger partial charge < -0.3 is 10.1 Å². The fourth-order valence-corrected chi connectivity index (χ4v) is 4.50. The molecule has 1 saturated carbocycles. The molecule has 1 amide bonds. The molecule has 9 heteroatoms. The highest BCUT2D eigenvalue weighted by atomic mass is 35.5. The van der Waals surface area contributed by atoms with Gasteiger partial charge in [0.1, 0.15) is 17.1 Å². The van der Waals surface area contributed by atoms with Crippen LogP contribution in [-0.4, -0.2) is 26.5 Å². The summed E-state index contributed by atoms with van der Waals surface area (Å²) in [6.45, 7) is 2.40. The first-order valence-electron chi connectivity index (χ1n) is 8.73. The molecule has 6 nitrogen and oxygen atoms in total. The Balaban J connectivity index is 1.66. The molecule has 0 spiro atoms. The maximum atomic E-state index is 13.9. The number of benzene rings is 2. The van der Waals surface area contributed by atoms with E-state index in [1.54, 1.807) is 24.3 Å². The monoisotopic (exact) mass is 426 g/mol. The molecule has 2 N–H and O–H groups in total. The maximum Gasteiger partial charge on any atom is 0.245 e. The number of carbonyl (C=O) groups is 1. The van der Waals surface area contributed by atoms with Gasteiger partial charge in [-0.3, -0.25) is 4.79 Å². The van der Waals surface area contributed by atoms with E-state index in [4.69, 9.17) is 16.3 Å². The number of rotatable bonds is 8. The minimum atomic E-state index is -3.93. The van der Waals surface area contributed by atoms with Gasteiger partial charge in [0.05, 0.1) is 12.4 Å². The Kier molecular flexibility index (Phi) is 5.92. The molecule has 0 aliphatic heterocycles. The first-order valence-corrected chi connectivity index (χ1v) is 10.8. The Morgan fingerprint density at radius 2 is 1.89 bits per heavy atom. The third-order valence-electron chi connectivity index (χ3n) is 4.32. The molecule has 0 heterocycles. The first kappa shape index (κ1) is 20.6. The number of sulfonamides is 1. The van der Waals surface area contributed by atoms with Crippen LogP contribution in [-0.2, 0) is 20.6 Å². The average molecular weight is 427 g/mol. The van der Waals surface area contributed by atoms with E-state index in [2.05, 4.69) is 10.0 Å². The maximum absolute atomic E-state index is 13.9. The van der Waals surface area contributed by atoms with Gasteiger partial charge in [0.25, 0.3) is 0 Å².